The van der Waals surface area contributed by atoms with E-state index in [1.807, 2.05) is 0 Å². The summed E-state index contributed by atoms with van der Waals surface area (Å²) >= 11 is 11.8. The van der Waals surface area contributed by atoms with E-state index in [4.69, 9.17) is 27.9 Å². The van der Waals surface area contributed by atoms with Gasteiger partial charge in [0.15, 0.2) is 0 Å². The van der Waals surface area contributed by atoms with Gasteiger partial charge in [0.2, 0.25) is 5.78 Å². The van der Waals surface area contributed by atoms with Crippen LogP contribution in [0.1, 0.15) is 16.1 Å². The third-order valence-corrected chi connectivity index (χ3v) is 2.92. The lowest BCUT2D eigenvalue weighted by atomic mass is 10.1. The molecule has 0 bridgehead atoms. The van der Waals surface area contributed by atoms with Crippen molar-refractivity contribution in [2.24, 2.45) is 0 Å². The molecule has 1 aromatic heterocycles. The van der Waals surface area contributed by atoms with Crippen LogP contribution in [-0.2, 0) is 0 Å². The average molecular weight is 282 g/mol. The van der Waals surface area contributed by atoms with Crippen LogP contribution in [0, 0.1) is 0 Å². The van der Waals surface area contributed by atoms with Crippen LogP contribution in [-0.4, -0.2) is 17.9 Å². The predicted octanol–water partition coefficient (Wildman–Crippen LogP) is 3.63. The smallest absolute Gasteiger partial charge is 0.216 e. The van der Waals surface area contributed by atoms with E-state index < -0.39 is 0 Å². The van der Waals surface area contributed by atoms with Crippen molar-refractivity contribution in [3.8, 4) is 5.75 Å². The quantitative estimate of drug-likeness (QED) is 0.807. The molecule has 0 saturated carbocycles. The largest absolute Gasteiger partial charge is 0.496 e. The first-order valence-electron chi connectivity index (χ1n) is 5.12. The molecule has 3 nitrogen and oxygen atoms in total. The second-order valence-electron chi connectivity index (χ2n) is 3.51. The Kier molecular flexibility index (Phi) is 3.84. The van der Waals surface area contributed by atoms with Crippen molar-refractivity contribution in [1.82, 2.24) is 4.98 Å². The molecule has 0 fully saturated rings. The van der Waals surface area contributed by atoms with Gasteiger partial charge >= 0.3 is 0 Å². The summed E-state index contributed by atoms with van der Waals surface area (Å²) in [5.41, 5.74) is 0.519. The number of ether oxygens (including phenoxy) is 1. The second kappa shape index (κ2) is 5.38. The molecule has 0 aliphatic rings. The van der Waals surface area contributed by atoms with Gasteiger partial charge in [-0.2, -0.15) is 0 Å². The summed E-state index contributed by atoms with van der Waals surface area (Å²) in [5.74, 6) is 0.117. The number of hydrogen-bond donors (Lipinski definition) is 0. The van der Waals surface area contributed by atoms with Crippen LogP contribution >= 0.6 is 23.2 Å². The van der Waals surface area contributed by atoms with Gasteiger partial charge in [0.1, 0.15) is 11.4 Å². The number of benzene rings is 1. The van der Waals surface area contributed by atoms with Crippen LogP contribution in [0.15, 0.2) is 36.5 Å². The molecule has 0 unspecified atom stereocenters. The van der Waals surface area contributed by atoms with Crippen LogP contribution in [0.25, 0.3) is 0 Å². The monoisotopic (exact) mass is 281 g/mol. The fourth-order valence-corrected chi connectivity index (χ4v) is 1.92. The van der Waals surface area contributed by atoms with Crippen molar-refractivity contribution in [3.63, 3.8) is 0 Å². The van der Waals surface area contributed by atoms with Gasteiger partial charge in [0.25, 0.3) is 0 Å². The minimum Gasteiger partial charge on any atom is -0.496 e. The van der Waals surface area contributed by atoms with Gasteiger partial charge in [-0.15, -0.1) is 0 Å². The molecule has 92 valence electrons. The highest BCUT2D eigenvalue weighted by Crippen LogP contribution is 2.26. The van der Waals surface area contributed by atoms with Gasteiger partial charge in [0, 0.05) is 11.2 Å². The SMILES string of the molecule is COc1ccc(Cl)cc1C(=O)c1ncccc1Cl. The summed E-state index contributed by atoms with van der Waals surface area (Å²) in [6, 6.07) is 8.09. The Bertz CT molecular complexity index is 599. The highest BCUT2D eigenvalue weighted by Gasteiger charge is 2.18. The van der Waals surface area contributed by atoms with Gasteiger partial charge in [-0.1, -0.05) is 23.2 Å². The molecule has 0 N–H and O–H groups in total. The highest BCUT2D eigenvalue weighted by molar-refractivity contribution is 6.35. The maximum atomic E-state index is 12.3. The van der Waals surface area contributed by atoms with E-state index in [1.165, 1.54) is 19.4 Å². The number of ketones is 1. The van der Waals surface area contributed by atoms with Crippen LogP contribution in [0.4, 0.5) is 0 Å². The molecule has 0 atom stereocenters. The molecular formula is C13H9Cl2NO2. The van der Waals surface area contributed by atoms with Crippen LogP contribution in [0.2, 0.25) is 10.0 Å². The van der Waals surface area contributed by atoms with E-state index >= 15 is 0 Å². The number of pyridine rings is 1. The Labute approximate surface area is 114 Å². The Morgan fingerprint density at radius 3 is 2.72 bits per heavy atom. The van der Waals surface area contributed by atoms with Gasteiger partial charge < -0.3 is 4.74 Å². The molecule has 1 heterocycles. The maximum absolute atomic E-state index is 12.3. The van der Waals surface area contributed by atoms with E-state index in [2.05, 4.69) is 4.98 Å². The Balaban J connectivity index is 2.52. The van der Waals surface area contributed by atoms with Crippen molar-refractivity contribution >= 4 is 29.0 Å². The highest BCUT2D eigenvalue weighted by atomic mass is 35.5. The van der Waals surface area contributed by atoms with Gasteiger partial charge in [0.05, 0.1) is 17.7 Å². The molecule has 1 aromatic carbocycles. The predicted molar refractivity (Wildman–Crippen MR) is 70.7 cm³/mol. The second-order valence-corrected chi connectivity index (χ2v) is 4.35. The number of methoxy groups -OCH3 is 1. The lowest BCUT2D eigenvalue weighted by Gasteiger charge is -2.08. The van der Waals surface area contributed by atoms with Gasteiger partial charge in [-0.3, -0.25) is 9.78 Å². The van der Waals surface area contributed by atoms with Crippen LogP contribution in [0.3, 0.4) is 0 Å². The first-order chi connectivity index (χ1) is 8.63. The number of aromatic nitrogens is 1. The number of rotatable bonds is 3. The summed E-state index contributed by atoms with van der Waals surface area (Å²) in [5, 5.41) is 0.746. The van der Waals surface area contributed by atoms with Crippen molar-refractivity contribution in [3.05, 3.63) is 57.8 Å². The third kappa shape index (κ3) is 2.47. The average Bonchev–Trinajstić information content (AvgIpc) is 2.38. The van der Waals surface area contributed by atoms with E-state index in [0.29, 0.717) is 21.4 Å². The zero-order valence-corrected chi connectivity index (χ0v) is 11.0. The first kappa shape index (κ1) is 12.9. The Hall–Kier alpha value is -1.58. The topological polar surface area (TPSA) is 39.2 Å². The molecule has 5 heteroatoms. The van der Waals surface area contributed by atoms with Crippen molar-refractivity contribution in [2.45, 2.75) is 0 Å². The summed E-state index contributed by atoms with van der Waals surface area (Å²) in [4.78, 5) is 16.3. The van der Waals surface area contributed by atoms with E-state index in [0.717, 1.165) is 0 Å². The van der Waals surface area contributed by atoms with E-state index in [1.54, 1.807) is 24.3 Å². The number of halogens is 2. The maximum Gasteiger partial charge on any atom is 0.216 e. The zero-order valence-electron chi connectivity index (χ0n) is 9.48. The number of carbonyl (C=O) groups excluding carboxylic acids is 1. The Morgan fingerprint density at radius 1 is 1.28 bits per heavy atom. The molecule has 2 rings (SSSR count). The normalized spacial score (nSPS) is 10.2. The lowest BCUT2D eigenvalue weighted by molar-refractivity contribution is 0.103. The number of carbonyl (C=O) groups is 1. The molecule has 18 heavy (non-hydrogen) atoms. The molecule has 0 spiro atoms. The van der Waals surface area contributed by atoms with E-state index in [-0.39, 0.29) is 11.5 Å². The van der Waals surface area contributed by atoms with Crippen molar-refractivity contribution in [2.75, 3.05) is 7.11 Å². The molecule has 0 radical (unpaired) electrons. The zero-order chi connectivity index (χ0) is 13.1. The summed E-state index contributed by atoms with van der Waals surface area (Å²) in [7, 11) is 1.49. The first-order valence-corrected chi connectivity index (χ1v) is 5.88. The van der Waals surface area contributed by atoms with Crippen LogP contribution in [0.5, 0.6) is 5.75 Å². The molecule has 2 aromatic rings. The number of hydrogen-bond acceptors (Lipinski definition) is 3. The molecule has 0 aliphatic carbocycles. The van der Waals surface area contributed by atoms with Gasteiger partial charge in [-0.05, 0) is 30.3 Å². The minimum atomic E-state index is -0.319. The summed E-state index contributed by atoms with van der Waals surface area (Å²) < 4.78 is 5.13. The molecule has 0 amide bonds. The third-order valence-electron chi connectivity index (χ3n) is 2.38. The minimum absolute atomic E-state index is 0.180. The van der Waals surface area contributed by atoms with Crippen molar-refractivity contribution < 1.29 is 9.53 Å². The molecule has 0 aliphatic heterocycles. The van der Waals surface area contributed by atoms with E-state index in [9.17, 15) is 4.79 Å². The fourth-order valence-electron chi connectivity index (χ4n) is 1.54. The van der Waals surface area contributed by atoms with Crippen molar-refractivity contribution in [1.29, 1.82) is 0 Å². The van der Waals surface area contributed by atoms with Crippen LogP contribution < -0.4 is 4.74 Å². The Morgan fingerprint density at radius 2 is 2.06 bits per heavy atom. The lowest BCUT2D eigenvalue weighted by Crippen LogP contribution is -2.06. The summed E-state index contributed by atoms with van der Waals surface area (Å²) in [6.07, 6.45) is 1.51. The fraction of sp³-hybridized carbons (Fsp3) is 0.0769. The standard InChI is InChI=1S/C13H9Cl2NO2/c1-18-11-5-4-8(14)7-9(11)13(17)12-10(15)3-2-6-16-12/h2-7H,1H3. The number of nitrogens with zero attached hydrogens (tertiary/aromatic N) is 1. The van der Waals surface area contributed by atoms with Gasteiger partial charge in [-0.25, -0.2) is 0 Å². The molecule has 0 saturated heterocycles. The molecular weight excluding hydrogens is 273 g/mol. The summed E-state index contributed by atoms with van der Waals surface area (Å²) in [6.45, 7) is 0.